The van der Waals surface area contributed by atoms with Crippen LogP contribution >= 0.6 is 12.2 Å². The Morgan fingerprint density at radius 2 is 2.19 bits per heavy atom. The van der Waals surface area contributed by atoms with E-state index in [-0.39, 0.29) is 6.61 Å². The van der Waals surface area contributed by atoms with Crippen molar-refractivity contribution >= 4 is 12.2 Å². The molecule has 0 aliphatic carbocycles. The number of aromatic amines is 1. The number of hydrogen-bond donors (Lipinski definition) is 2. The quantitative estimate of drug-likeness (QED) is 0.567. The summed E-state index contributed by atoms with van der Waals surface area (Å²) in [5, 5.41) is 9.20. The molecule has 1 rings (SSSR count). The van der Waals surface area contributed by atoms with Crippen molar-refractivity contribution in [3.05, 3.63) is 16.7 Å². The molecule has 0 aliphatic rings. The van der Waals surface area contributed by atoms with Crippen molar-refractivity contribution in [2.45, 2.75) is 58.6 Å². The van der Waals surface area contributed by atoms with Gasteiger partial charge in [-0.3, -0.25) is 0 Å². The van der Waals surface area contributed by atoms with Gasteiger partial charge in [-0.25, -0.2) is 0 Å². The van der Waals surface area contributed by atoms with Gasteiger partial charge in [-0.15, -0.1) is 0 Å². The Labute approximate surface area is 103 Å². The first-order valence-corrected chi connectivity index (χ1v) is 6.51. The number of H-pyrrole nitrogens is 1. The highest BCUT2D eigenvalue weighted by molar-refractivity contribution is 7.71. The number of rotatable bonds is 7. The van der Waals surface area contributed by atoms with E-state index in [1.54, 1.807) is 6.20 Å². The molecule has 1 aromatic heterocycles. The highest BCUT2D eigenvalue weighted by Gasteiger charge is 2.10. The fourth-order valence-corrected chi connectivity index (χ4v) is 2.37. The maximum Gasteiger partial charge on any atom is 0.177 e. The zero-order chi connectivity index (χ0) is 12.0. The zero-order valence-corrected chi connectivity index (χ0v) is 11.0. The second-order valence-corrected chi connectivity index (χ2v) is 4.70. The van der Waals surface area contributed by atoms with E-state index < -0.39 is 0 Å². The van der Waals surface area contributed by atoms with Crippen molar-refractivity contribution in [3.63, 3.8) is 0 Å². The molecule has 4 heteroatoms. The molecule has 1 unspecified atom stereocenters. The lowest BCUT2D eigenvalue weighted by molar-refractivity contribution is 0.265. The summed E-state index contributed by atoms with van der Waals surface area (Å²) in [6, 6.07) is 0.373. The van der Waals surface area contributed by atoms with Crippen molar-refractivity contribution in [1.29, 1.82) is 0 Å². The van der Waals surface area contributed by atoms with Crippen molar-refractivity contribution in [2.24, 2.45) is 0 Å². The van der Waals surface area contributed by atoms with Gasteiger partial charge in [-0.1, -0.05) is 32.6 Å². The molecule has 0 spiro atoms. The lowest BCUT2D eigenvalue weighted by Crippen LogP contribution is -2.09. The van der Waals surface area contributed by atoms with Crippen LogP contribution in [0.15, 0.2) is 6.20 Å². The molecule has 2 N–H and O–H groups in total. The SMILES string of the molecule is CCCCCCC(C)n1c(CO)c[nH]c1=S. The Kier molecular flexibility index (Phi) is 5.77. The molecule has 92 valence electrons. The van der Waals surface area contributed by atoms with Crippen molar-refractivity contribution in [1.82, 2.24) is 9.55 Å². The Bertz CT molecular complexity index is 356. The second kappa shape index (κ2) is 6.86. The molecular formula is C12H22N2OS. The maximum atomic E-state index is 9.20. The summed E-state index contributed by atoms with van der Waals surface area (Å²) in [5.74, 6) is 0. The van der Waals surface area contributed by atoms with Crippen LogP contribution in [0.3, 0.4) is 0 Å². The largest absolute Gasteiger partial charge is 0.390 e. The molecule has 1 atom stereocenters. The number of unbranched alkanes of at least 4 members (excludes halogenated alkanes) is 3. The average molecular weight is 242 g/mol. The molecule has 0 amide bonds. The summed E-state index contributed by atoms with van der Waals surface area (Å²) in [4.78, 5) is 2.99. The van der Waals surface area contributed by atoms with Gasteiger partial charge in [0.05, 0.1) is 12.3 Å². The predicted molar refractivity (Wildman–Crippen MR) is 69.0 cm³/mol. The number of imidazole rings is 1. The van der Waals surface area contributed by atoms with E-state index in [1.165, 1.54) is 25.7 Å². The first kappa shape index (κ1) is 13.5. The first-order chi connectivity index (χ1) is 7.70. The van der Waals surface area contributed by atoms with Crippen molar-refractivity contribution in [2.75, 3.05) is 0 Å². The Morgan fingerprint density at radius 1 is 1.44 bits per heavy atom. The lowest BCUT2D eigenvalue weighted by atomic mass is 10.1. The minimum atomic E-state index is 0.0481. The van der Waals surface area contributed by atoms with Gasteiger partial charge in [0.2, 0.25) is 0 Å². The molecule has 0 aromatic carbocycles. The molecule has 0 radical (unpaired) electrons. The van der Waals surface area contributed by atoms with Gasteiger partial charge in [-0.2, -0.15) is 0 Å². The number of aliphatic hydroxyl groups excluding tert-OH is 1. The Morgan fingerprint density at radius 3 is 2.81 bits per heavy atom. The summed E-state index contributed by atoms with van der Waals surface area (Å²) in [7, 11) is 0. The van der Waals surface area contributed by atoms with Crippen LogP contribution in [0.5, 0.6) is 0 Å². The highest BCUT2D eigenvalue weighted by Crippen LogP contribution is 2.18. The van der Waals surface area contributed by atoms with Gasteiger partial charge < -0.3 is 14.7 Å². The minimum Gasteiger partial charge on any atom is -0.390 e. The monoisotopic (exact) mass is 242 g/mol. The summed E-state index contributed by atoms with van der Waals surface area (Å²) < 4.78 is 2.74. The van der Waals surface area contributed by atoms with E-state index in [4.69, 9.17) is 12.2 Å². The summed E-state index contributed by atoms with van der Waals surface area (Å²) in [5.41, 5.74) is 0.882. The first-order valence-electron chi connectivity index (χ1n) is 6.10. The lowest BCUT2D eigenvalue weighted by Gasteiger charge is -2.15. The summed E-state index contributed by atoms with van der Waals surface area (Å²) >= 11 is 5.21. The Hall–Kier alpha value is -0.610. The predicted octanol–water partition coefficient (Wildman–Crippen LogP) is 3.57. The molecule has 0 aliphatic heterocycles. The topological polar surface area (TPSA) is 41.0 Å². The molecule has 0 saturated heterocycles. The van der Waals surface area contributed by atoms with Gasteiger partial charge in [0.1, 0.15) is 0 Å². The third-order valence-electron chi connectivity index (χ3n) is 2.97. The number of aromatic nitrogens is 2. The fourth-order valence-electron chi connectivity index (χ4n) is 2.02. The molecule has 0 bridgehead atoms. The van der Waals surface area contributed by atoms with Crippen LogP contribution in [-0.4, -0.2) is 14.7 Å². The number of hydrogen-bond acceptors (Lipinski definition) is 2. The van der Waals surface area contributed by atoms with Gasteiger partial charge in [0.25, 0.3) is 0 Å². The van der Waals surface area contributed by atoms with Gasteiger partial charge >= 0.3 is 0 Å². The van der Waals surface area contributed by atoms with Crippen molar-refractivity contribution in [3.8, 4) is 0 Å². The zero-order valence-electron chi connectivity index (χ0n) is 10.2. The highest BCUT2D eigenvalue weighted by atomic mass is 32.1. The third-order valence-corrected chi connectivity index (χ3v) is 3.28. The Balaban J connectivity index is 2.54. The van der Waals surface area contributed by atoms with Gasteiger partial charge in [0.15, 0.2) is 4.77 Å². The van der Waals surface area contributed by atoms with Gasteiger partial charge in [0, 0.05) is 12.2 Å². The molecule has 1 aromatic rings. The van der Waals surface area contributed by atoms with E-state index in [1.807, 2.05) is 4.57 Å². The molecule has 16 heavy (non-hydrogen) atoms. The number of nitrogens with zero attached hydrogens (tertiary/aromatic N) is 1. The molecular weight excluding hydrogens is 220 g/mol. The number of nitrogens with one attached hydrogen (secondary N) is 1. The molecule has 1 heterocycles. The maximum absolute atomic E-state index is 9.20. The molecule has 0 fully saturated rings. The van der Waals surface area contributed by atoms with E-state index in [0.29, 0.717) is 10.8 Å². The van der Waals surface area contributed by atoms with Crippen LogP contribution in [0.25, 0.3) is 0 Å². The fraction of sp³-hybridized carbons (Fsp3) is 0.750. The smallest absolute Gasteiger partial charge is 0.177 e. The summed E-state index contributed by atoms with van der Waals surface area (Å²) in [6.07, 6.45) is 8.00. The molecule has 3 nitrogen and oxygen atoms in total. The van der Waals surface area contributed by atoms with Gasteiger partial charge in [-0.05, 0) is 25.6 Å². The second-order valence-electron chi connectivity index (χ2n) is 4.31. The third kappa shape index (κ3) is 3.46. The molecule has 0 saturated carbocycles. The van der Waals surface area contributed by atoms with Crippen LogP contribution in [0, 0.1) is 4.77 Å². The normalized spacial score (nSPS) is 12.9. The average Bonchev–Trinajstić information content (AvgIpc) is 2.65. The van der Waals surface area contributed by atoms with Crippen LogP contribution in [-0.2, 0) is 6.61 Å². The van der Waals surface area contributed by atoms with E-state index >= 15 is 0 Å². The van der Waals surface area contributed by atoms with Crippen LogP contribution in [0.1, 0.15) is 57.7 Å². The van der Waals surface area contributed by atoms with Crippen LogP contribution in [0.2, 0.25) is 0 Å². The number of aliphatic hydroxyl groups is 1. The van der Waals surface area contributed by atoms with E-state index in [9.17, 15) is 5.11 Å². The van der Waals surface area contributed by atoms with Crippen molar-refractivity contribution < 1.29 is 5.11 Å². The summed E-state index contributed by atoms with van der Waals surface area (Å²) in [6.45, 7) is 4.43. The minimum absolute atomic E-state index is 0.0481. The van der Waals surface area contributed by atoms with E-state index in [0.717, 1.165) is 12.1 Å². The standard InChI is InChI=1S/C12H22N2OS/c1-3-4-5-6-7-10(2)14-11(9-15)8-13-12(14)16/h8,10,15H,3-7,9H2,1-2H3,(H,13,16). The van der Waals surface area contributed by atoms with Crippen LogP contribution < -0.4 is 0 Å². The van der Waals surface area contributed by atoms with E-state index in [2.05, 4.69) is 18.8 Å². The van der Waals surface area contributed by atoms with Crippen LogP contribution in [0.4, 0.5) is 0 Å².